The summed E-state index contributed by atoms with van der Waals surface area (Å²) in [5.74, 6) is 0. The topological polar surface area (TPSA) is 43.1 Å². The molecule has 0 N–H and O–H groups in total. The van der Waals surface area contributed by atoms with Gasteiger partial charge < -0.3 is 0 Å². The van der Waals surface area contributed by atoms with Gasteiger partial charge in [-0.1, -0.05) is 11.6 Å². The van der Waals surface area contributed by atoms with Crippen molar-refractivity contribution in [2.75, 3.05) is 0 Å². The maximum Gasteiger partial charge on any atom is 0.198 e. The van der Waals surface area contributed by atoms with Crippen LogP contribution in [-0.2, 0) is 0 Å². The fourth-order valence-corrected chi connectivity index (χ4v) is 1.39. The minimum Gasteiger partial charge on any atom is -0.273 e. The van der Waals surface area contributed by atoms with E-state index in [9.17, 15) is 0 Å². The monoisotopic (exact) mass is 280 g/mol. The second-order valence-electron chi connectivity index (χ2n) is 1.91. The van der Waals surface area contributed by atoms with E-state index in [1.807, 2.05) is 0 Å². The van der Waals surface area contributed by atoms with Gasteiger partial charge in [0.1, 0.15) is 5.15 Å². The number of aromatic nitrogens is 4. The molecule has 0 spiro atoms. The first kappa shape index (κ1) is 7.23. The van der Waals surface area contributed by atoms with Gasteiger partial charge in [-0.2, -0.15) is 0 Å². The zero-order valence-corrected chi connectivity index (χ0v) is 8.11. The number of fused-ring (bicyclic) bond motifs is 1. The van der Waals surface area contributed by atoms with Crippen molar-refractivity contribution in [3.63, 3.8) is 0 Å². The van der Waals surface area contributed by atoms with Gasteiger partial charge in [-0.05, 0) is 0 Å². The van der Waals surface area contributed by atoms with Crippen molar-refractivity contribution in [2.24, 2.45) is 0 Å². The molecule has 0 fully saturated rings. The molecule has 0 bridgehead atoms. The summed E-state index contributed by atoms with van der Waals surface area (Å²) in [6.07, 6.45) is 3.26. The van der Waals surface area contributed by atoms with Crippen molar-refractivity contribution in [3.8, 4) is 0 Å². The van der Waals surface area contributed by atoms with Crippen molar-refractivity contribution >= 4 is 39.8 Å². The molecule has 56 valence electrons. The first-order valence-corrected chi connectivity index (χ1v) is 4.25. The lowest BCUT2D eigenvalue weighted by atomic mass is 10.7. The standard InChI is InChI=1S/C5H2ClIN4/c6-3-2-11-4(1-8-3)9-10-5(11)7/h1-2H. The van der Waals surface area contributed by atoms with Gasteiger partial charge in [-0.3, -0.25) is 4.40 Å². The molecule has 0 atom stereocenters. The lowest BCUT2D eigenvalue weighted by Gasteiger charge is -1.91. The fraction of sp³-hybridized carbons (Fsp3) is 0. The fourth-order valence-electron chi connectivity index (χ4n) is 0.750. The first-order valence-electron chi connectivity index (χ1n) is 2.79. The quantitative estimate of drug-likeness (QED) is 0.685. The van der Waals surface area contributed by atoms with Crippen molar-refractivity contribution in [1.82, 2.24) is 19.6 Å². The van der Waals surface area contributed by atoms with Crippen LogP contribution in [0.25, 0.3) is 5.65 Å². The summed E-state index contributed by atoms with van der Waals surface area (Å²) in [6, 6.07) is 0. The Morgan fingerprint density at radius 3 is 3.09 bits per heavy atom. The molecule has 0 amide bonds. The van der Waals surface area contributed by atoms with Crippen LogP contribution >= 0.6 is 34.2 Å². The lowest BCUT2D eigenvalue weighted by molar-refractivity contribution is 1.04. The molecule has 11 heavy (non-hydrogen) atoms. The number of halogens is 2. The summed E-state index contributed by atoms with van der Waals surface area (Å²) in [5.41, 5.74) is 0.707. The van der Waals surface area contributed by atoms with Gasteiger partial charge in [0, 0.05) is 22.6 Å². The largest absolute Gasteiger partial charge is 0.273 e. The SMILES string of the molecule is Clc1cn2c(I)nnc2cn1. The van der Waals surface area contributed by atoms with Crippen LogP contribution in [0.4, 0.5) is 0 Å². The van der Waals surface area contributed by atoms with Crippen LogP contribution in [0.3, 0.4) is 0 Å². The lowest BCUT2D eigenvalue weighted by Crippen LogP contribution is -1.88. The maximum atomic E-state index is 5.66. The molecule has 2 aromatic heterocycles. The van der Waals surface area contributed by atoms with Gasteiger partial charge in [-0.25, -0.2) is 4.98 Å². The van der Waals surface area contributed by atoms with E-state index in [1.54, 1.807) is 16.8 Å². The van der Waals surface area contributed by atoms with Crippen molar-refractivity contribution in [1.29, 1.82) is 0 Å². The summed E-state index contributed by atoms with van der Waals surface area (Å²) < 4.78 is 2.55. The Kier molecular flexibility index (Phi) is 1.68. The van der Waals surface area contributed by atoms with E-state index in [-0.39, 0.29) is 0 Å². The molecule has 0 aliphatic rings. The minimum atomic E-state index is 0.440. The number of hydrogen-bond acceptors (Lipinski definition) is 3. The zero-order valence-electron chi connectivity index (χ0n) is 5.20. The Morgan fingerprint density at radius 2 is 2.27 bits per heavy atom. The highest BCUT2D eigenvalue weighted by Crippen LogP contribution is 2.08. The molecule has 0 saturated heterocycles. The van der Waals surface area contributed by atoms with Crippen molar-refractivity contribution in [3.05, 3.63) is 21.4 Å². The summed E-state index contributed by atoms with van der Waals surface area (Å²) >= 11 is 7.73. The molecule has 0 saturated carbocycles. The van der Waals surface area contributed by atoms with Crippen LogP contribution in [0.1, 0.15) is 0 Å². The number of hydrogen-bond donors (Lipinski definition) is 0. The molecule has 0 aliphatic heterocycles. The smallest absolute Gasteiger partial charge is 0.198 e. The summed E-state index contributed by atoms with van der Waals surface area (Å²) in [5, 5.41) is 8.12. The van der Waals surface area contributed by atoms with Gasteiger partial charge in [0.25, 0.3) is 0 Å². The molecular formula is C5H2ClIN4. The maximum absolute atomic E-state index is 5.66. The van der Waals surface area contributed by atoms with Crippen LogP contribution in [0.15, 0.2) is 12.4 Å². The van der Waals surface area contributed by atoms with Crippen LogP contribution in [0.2, 0.25) is 5.15 Å². The van der Waals surface area contributed by atoms with E-state index in [1.165, 1.54) is 0 Å². The predicted molar refractivity (Wildman–Crippen MR) is 48.5 cm³/mol. The van der Waals surface area contributed by atoms with Crippen molar-refractivity contribution < 1.29 is 0 Å². The molecule has 0 aromatic carbocycles. The van der Waals surface area contributed by atoms with E-state index in [0.29, 0.717) is 10.8 Å². The van der Waals surface area contributed by atoms with Crippen LogP contribution in [-0.4, -0.2) is 19.6 Å². The Hall–Kier alpha value is -0.430. The first-order chi connectivity index (χ1) is 5.27. The molecule has 2 rings (SSSR count). The van der Waals surface area contributed by atoms with E-state index < -0.39 is 0 Å². The molecule has 6 heteroatoms. The third-order valence-electron chi connectivity index (χ3n) is 1.22. The second-order valence-corrected chi connectivity index (χ2v) is 3.26. The third kappa shape index (κ3) is 1.18. The van der Waals surface area contributed by atoms with Gasteiger partial charge in [0.15, 0.2) is 9.48 Å². The number of nitrogens with zero attached hydrogens (tertiary/aromatic N) is 4. The van der Waals surface area contributed by atoms with E-state index in [2.05, 4.69) is 37.8 Å². The highest BCUT2D eigenvalue weighted by molar-refractivity contribution is 14.1. The molecule has 0 unspecified atom stereocenters. The zero-order chi connectivity index (χ0) is 7.84. The number of rotatable bonds is 0. The Morgan fingerprint density at radius 1 is 1.45 bits per heavy atom. The van der Waals surface area contributed by atoms with Gasteiger partial charge >= 0.3 is 0 Å². The average molecular weight is 280 g/mol. The highest BCUT2D eigenvalue weighted by atomic mass is 127. The van der Waals surface area contributed by atoms with Crippen LogP contribution in [0.5, 0.6) is 0 Å². The van der Waals surface area contributed by atoms with Crippen LogP contribution in [0, 0.1) is 3.83 Å². The van der Waals surface area contributed by atoms with E-state index >= 15 is 0 Å². The summed E-state index contributed by atoms with van der Waals surface area (Å²) in [6.45, 7) is 0. The highest BCUT2D eigenvalue weighted by Gasteiger charge is 2.01. The Balaban J connectivity index is 2.87. The molecule has 4 nitrogen and oxygen atoms in total. The second kappa shape index (κ2) is 2.56. The molecular weight excluding hydrogens is 278 g/mol. The minimum absolute atomic E-state index is 0.440. The molecule has 2 aromatic rings. The van der Waals surface area contributed by atoms with Gasteiger partial charge in [-0.15, -0.1) is 10.2 Å². The Bertz CT molecular complexity index is 398. The van der Waals surface area contributed by atoms with E-state index in [0.717, 1.165) is 3.83 Å². The van der Waals surface area contributed by atoms with E-state index in [4.69, 9.17) is 11.6 Å². The van der Waals surface area contributed by atoms with Crippen LogP contribution < -0.4 is 0 Å². The summed E-state index contributed by atoms with van der Waals surface area (Å²) in [4.78, 5) is 3.86. The van der Waals surface area contributed by atoms with Gasteiger partial charge in [0.05, 0.1) is 12.4 Å². The van der Waals surface area contributed by atoms with Crippen molar-refractivity contribution in [2.45, 2.75) is 0 Å². The molecule has 0 aliphatic carbocycles. The third-order valence-corrected chi connectivity index (χ3v) is 2.15. The summed E-state index contributed by atoms with van der Waals surface area (Å²) in [7, 11) is 0. The van der Waals surface area contributed by atoms with Gasteiger partial charge in [0.2, 0.25) is 0 Å². The predicted octanol–water partition coefficient (Wildman–Crippen LogP) is 1.38. The molecule has 2 heterocycles. The Labute approximate surface area is 80.7 Å². The normalized spacial score (nSPS) is 10.7. The average Bonchev–Trinajstić information content (AvgIpc) is 2.33. The molecule has 0 radical (unpaired) electrons.